The van der Waals surface area contributed by atoms with Gasteiger partial charge in [0.05, 0.1) is 0 Å². The Morgan fingerprint density at radius 1 is 1.28 bits per heavy atom. The van der Waals surface area contributed by atoms with Gasteiger partial charge in [-0.1, -0.05) is 39.5 Å². The van der Waals surface area contributed by atoms with E-state index in [0.717, 1.165) is 12.3 Å². The summed E-state index contributed by atoms with van der Waals surface area (Å²) in [7, 11) is 0. The highest BCUT2D eigenvalue weighted by atomic mass is 32.1. The maximum atomic E-state index is 6.38. The van der Waals surface area contributed by atoms with Gasteiger partial charge in [-0.2, -0.15) is 0 Å². The lowest BCUT2D eigenvalue weighted by atomic mass is 9.92. The van der Waals surface area contributed by atoms with E-state index in [1.807, 2.05) is 22.7 Å². The van der Waals surface area contributed by atoms with Crippen LogP contribution in [0.25, 0.3) is 9.40 Å². The van der Waals surface area contributed by atoms with E-state index in [1.165, 1.54) is 40.0 Å². The Labute approximate surface area is 118 Å². The van der Waals surface area contributed by atoms with Crippen LogP contribution in [0.3, 0.4) is 0 Å². The van der Waals surface area contributed by atoms with Gasteiger partial charge in [-0.15, -0.1) is 22.7 Å². The van der Waals surface area contributed by atoms with Crippen molar-refractivity contribution in [1.29, 1.82) is 0 Å². The van der Waals surface area contributed by atoms with Crippen molar-refractivity contribution < 1.29 is 0 Å². The molecule has 2 atom stereocenters. The predicted octanol–water partition coefficient (Wildman–Crippen LogP) is 5.57. The van der Waals surface area contributed by atoms with Gasteiger partial charge in [-0.25, -0.2) is 0 Å². The van der Waals surface area contributed by atoms with E-state index in [9.17, 15) is 0 Å². The fourth-order valence-electron chi connectivity index (χ4n) is 2.42. The molecule has 2 heterocycles. The van der Waals surface area contributed by atoms with Gasteiger partial charge in [0.15, 0.2) is 0 Å². The lowest BCUT2D eigenvalue weighted by molar-refractivity contribution is 0.390. The second-order valence-corrected chi connectivity index (χ2v) is 7.12. The fourth-order valence-corrected chi connectivity index (χ4v) is 4.56. The van der Waals surface area contributed by atoms with Crippen molar-refractivity contribution in [3.8, 4) is 0 Å². The molecule has 18 heavy (non-hydrogen) atoms. The van der Waals surface area contributed by atoms with E-state index in [-0.39, 0.29) is 6.04 Å². The summed E-state index contributed by atoms with van der Waals surface area (Å²) >= 11 is 3.69. The lowest BCUT2D eigenvalue weighted by Crippen LogP contribution is -2.14. The minimum atomic E-state index is 0.233. The van der Waals surface area contributed by atoms with Gasteiger partial charge in [0.1, 0.15) is 0 Å². The normalized spacial score (nSPS) is 15.1. The van der Waals surface area contributed by atoms with Crippen LogP contribution in [0.5, 0.6) is 0 Å². The Balaban J connectivity index is 1.97. The molecule has 0 spiro atoms. The van der Waals surface area contributed by atoms with Gasteiger partial charge in [0.25, 0.3) is 0 Å². The fraction of sp³-hybridized carbons (Fsp3) is 0.600. The smallest absolute Gasteiger partial charge is 0.0454 e. The average Bonchev–Trinajstić information content (AvgIpc) is 2.94. The molecule has 0 aromatic carbocycles. The third kappa shape index (κ3) is 3.34. The quantitative estimate of drug-likeness (QED) is 0.705. The van der Waals surface area contributed by atoms with Gasteiger partial charge in [0, 0.05) is 20.3 Å². The Morgan fingerprint density at radius 2 is 2.11 bits per heavy atom. The number of fused-ring (bicyclic) bond motifs is 1. The largest absolute Gasteiger partial charge is 0.323 e. The zero-order valence-corrected chi connectivity index (χ0v) is 12.9. The molecule has 0 fully saturated rings. The maximum Gasteiger partial charge on any atom is 0.0454 e. The van der Waals surface area contributed by atoms with Crippen LogP contribution >= 0.6 is 22.7 Å². The molecule has 100 valence electrons. The summed E-state index contributed by atoms with van der Waals surface area (Å²) in [4.78, 5) is 1.37. The molecule has 2 N–H and O–H groups in total. The van der Waals surface area contributed by atoms with E-state index >= 15 is 0 Å². The monoisotopic (exact) mass is 281 g/mol. The predicted molar refractivity (Wildman–Crippen MR) is 84.6 cm³/mol. The molecule has 0 saturated heterocycles. The van der Waals surface area contributed by atoms with Crippen molar-refractivity contribution in [2.24, 2.45) is 11.7 Å². The van der Waals surface area contributed by atoms with Gasteiger partial charge < -0.3 is 5.73 Å². The zero-order valence-electron chi connectivity index (χ0n) is 11.3. The molecule has 3 heteroatoms. The van der Waals surface area contributed by atoms with E-state index in [4.69, 9.17) is 5.73 Å². The number of thiophene rings is 2. The highest BCUT2D eigenvalue weighted by Crippen LogP contribution is 2.35. The summed E-state index contributed by atoms with van der Waals surface area (Å²) in [6.45, 7) is 4.56. The molecule has 0 aliphatic rings. The third-order valence-electron chi connectivity index (χ3n) is 3.65. The zero-order chi connectivity index (χ0) is 13.0. The van der Waals surface area contributed by atoms with Crippen LogP contribution in [-0.2, 0) is 0 Å². The first-order chi connectivity index (χ1) is 8.74. The van der Waals surface area contributed by atoms with Crippen LogP contribution in [0.15, 0.2) is 17.5 Å². The van der Waals surface area contributed by atoms with Crippen molar-refractivity contribution in [2.45, 2.75) is 52.0 Å². The summed E-state index contributed by atoms with van der Waals surface area (Å²) < 4.78 is 2.79. The second kappa shape index (κ2) is 6.69. The van der Waals surface area contributed by atoms with Crippen LogP contribution in [0, 0.1) is 5.92 Å². The molecule has 2 unspecified atom stereocenters. The van der Waals surface area contributed by atoms with Crippen LogP contribution < -0.4 is 5.73 Å². The van der Waals surface area contributed by atoms with E-state index < -0.39 is 0 Å². The van der Waals surface area contributed by atoms with Crippen molar-refractivity contribution in [3.05, 3.63) is 22.4 Å². The Hall–Kier alpha value is -0.380. The molecule has 2 rings (SSSR count). The minimum absolute atomic E-state index is 0.233. The van der Waals surface area contributed by atoms with Crippen LogP contribution in [-0.4, -0.2) is 0 Å². The standard InChI is InChI=1S/C15H23NS2/c1-3-5-6-11(4-2)9-12(16)14-10-15-13(18-14)7-8-17-15/h7-8,10-12H,3-6,9,16H2,1-2H3. The molecule has 0 aliphatic heterocycles. The first-order valence-electron chi connectivity index (χ1n) is 6.97. The van der Waals surface area contributed by atoms with Gasteiger partial charge in [-0.05, 0) is 29.9 Å². The molecule has 0 amide bonds. The molecule has 0 bridgehead atoms. The molecule has 2 aromatic heterocycles. The van der Waals surface area contributed by atoms with Gasteiger partial charge in [-0.3, -0.25) is 0 Å². The molecule has 0 radical (unpaired) electrons. The highest BCUT2D eigenvalue weighted by Gasteiger charge is 2.15. The van der Waals surface area contributed by atoms with Gasteiger partial charge in [0.2, 0.25) is 0 Å². The number of hydrogen-bond donors (Lipinski definition) is 1. The SMILES string of the molecule is CCCCC(CC)CC(N)c1cc2sccc2s1. The Morgan fingerprint density at radius 3 is 2.78 bits per heavy atom. The summed E-state index contributed by atoms with van der Waals surface area (Å²) in [5, 5.41) is 2.16. The topological polar surface area (TPSA) is 26.0 Å². The third-order valence-corrected chi connectivity index (χ3v) is 5.88. The number of rotatable bonds is 7. The van der Waals surface area contributed by atoms with Crippen LogP contribution in [0.4, 0.5) is 0 Å². The minimum Gasteiger partial charge on any atom is -0.323 e. The molecule has 0 saturated carbocycles. The first kappa shape index (κ1) is 14.0. The summed E-state index contributed by atoms with van der Waals surface area (Å²) in [5.74, 6) is 0.792. The molecule has 0 aliphatic carbocycles. The van der Waals surface area contributed by atoms with E-state index in [0.29, 0.717) is 0 Å². The number of unbranched alkanes of at least 4 members (excludes halogenated alkanes) is 1. The van der Waals surface area contributed by atoms with Gasteiger partial charge >= 0.3 is 0 Å². The van der Waals surface area contributed by atoms with E-state index in [2.05, 4.69) is 31.4 Å². The summed E-state index contributed by atoms with van der Waals surface area (Å²) in [6, 6.07) is 4.73. The van der Waals surface area contributed by atoms with Crippen molar-refractivity contribution in [3.63, 3.8) is 0 Å². The molecule has 1 nitrogen and oxygen atoms in total. The van der Waals surface area contributed by atoms with Crippen LogP contribution in [0.2, 0.25) is 0 Å². The highest BCUT2D eigenvalue weighted by molar-refractivity contribution is 7.26. The molecular formula is C15H23NS2. The summed E-state index contributed by atoms with van der Waals surface area (Å²) in [6.07, 6.45) is 6.36. The van der Waals surface area contributed by atoms with Crippen molar-refractivity contribution in [1.82, 2.24) is 0 Å². The average molecular weight is 281 g/mol. The maximum absolute atomic E-state index is 6.38. The molecular weight excluding hydrogens is 258 g/mol. The van der Waals surface area contributed by atoms with E-state index in [1.54, 1.807) is 0 Å². The second-order valence-electron chi connectivity index (χ2n) is 5.06. The number of nitrogens with two attached hydrogens (primary N) is 1. The van der Waals surface area contributed by atoms with Crippen molar-refractivity contribution >= 4 is 32.1 Å². The first-order valence-corrected chi connectivity index (χ1v) is 8.66. The Bertz CT molecular complexity index is 443. The molecule has 2 aromatic rings. The van der Waals surface area contributed by atoms with Crippen molar-refractivity contribution in [2.75, 3.05) is 0 Å². The van der Waals surface area contributed by atoms with Crippen LogP contribution in [0.1, 0.15) is 56.9 Å². The number of hydrogen-bond acceptors (Lipinski definition) is 3. The Kier molecular flexibility index (Phi) is 5.22. The lowest BCUT2D eigenvalue weighted by Gasteiger charge is -2.18. The summed E-state index contributed by atoms with van der Waals surface area (Å²) in [5.41, 5.74) is 6.38.